The van der Waals surface area contributed by atoms with Crippen molar-refractivity contribution in [2.45, 2.75) is 20.5 Å². The highest BCUT2D eigenvalue weighted by Crippen LogP contribution is 2.19. The first-order valence-corrected chi connectivity index (χ1v) is 10.2. The third-order valence-electron chi connectivity index (χ3n) is 4.34. The predicted octanol–water partition coefficient (Wildman–Crippen LogP) is 4.83. The molecule has 1 amide bonds. The zero-order chi connectivity index (χ0) is 21.9. The van der Waals surface area contributed by atoms with Gasteiger partial charge in [0.2, 0.25) is 0 Å². The van der Waals surface area contributed by atoms with Gasteiger partial charge in [0.25, 0.3) is 5.91 Å². The summed E-state index contributed by atoms with van der Waals surface area (Å²) in [7, 11) is 0. The Labute approximate surface area is 182 Å². The van der Waals surface area contributed by atoms with E-state index in [0.717, 1.165) is 28.4 Å². The molecule has 3 aromatic carbocycles. The molecule has 1 N–H and O–H groups in total. The third kappa shape index (κ3) is 6.60. The molecule has 3 aromatic rings. The molecule has 31 heavy (non-hydrogen) atoms. The summed E-state index contributed by atoms with van der Waals surface area (Å²) in [5, 5.41) is 4.04. The van der Waals surface area contributed by atoms with Crippen LogP contribution in [0.4, 0.5) is 0 Å². The van der Waals surface area contributed by atoms with E-state index >= 15 is 0 Å². The van der Waals surface area contributed by atoms with Crippen LogP contribution in [-0.4, -0.2) is 25.3 Å². The Hall–Kier alpha value is -3.80. The summed E-state index contributed by atoms with van der Waals surface area (Å²) in [6.45, 7) is 5.46. The van der Waals surface area contributed by atoms with Gasteiger partial charge in [-0.2, -0.15) is 5.10 Å². The molecule has 0 aliphatic heterocycles. The number of hydrogen-bond donors (Lipinski definition) is 1. The lowest BCUT2D eigenvalue weighted by Gasteiger charge is -2.08. The van der Waals surface area contributed by atoms with E-state index in [-0.39, 0.29) is 5.91 Å². The lowest BCUT2D eigenvalue weighted by Crippen LogP contribution is -2.17. The number of benzene rings is 3. The van der Waals surface area contributed by atoms with Gasteiger partial charge in [-0.3, -0.25) is 4.79 Å². The smallest absolute Gasteiger partial charge is 0.271 e. The number of hydrazone groups is 1. The summed E-state index contributed by atoms with van der Waals surface area (Å²) in [4.78, 5) is 12.3. The van der Waals surface area contributed by atoms with E-state index in [1.807, 2.05) is 74.5 Å². The number of nitrogens with zero attached hydrogens (tertiary/aromatic N) is 1. The molecule has 3 rings (SSSR count). The van der Waals surface area contributed by atoms with E-state index in [2.05, 4.69) is 10.5 Å². The summed E-state index contributed by atoms with van der Waals surface area (Å²) in [5.41, 5.74) is 4.81. The number of nitrogens with one attached hydrogen (secondary N) is 1. The fraction of sp³-hybridized carbons (Fsp3) is 0.200. The first-order chi connectivity index (χ1) is 15.2. The van der Waals surface area contributed by atoms with E-state index in [9.17, 15) is 4.79 Å². The summed E-state index contributed by atoms with van der Waals surface area (Å²) in [5.74, 6) is 2.00. The number of hydrogen-bond acceptors (Lipinski definition) is 5. The molecule has 0 unspecified atom stereocenters. The molecule has 0 bridgehead atoms. The molecule has 0 aliphatic carbocycles. The van der Waals surface area contributed by atoms with Gasteiger partial charge in [-0.05, 0) is 67.9 Å². The maximum absolute atomic E-state index is 12.3. The van der Waals surface area contributed by atoms with E-state index < -0.39 is 0 Å². The molecule has 6 nitrogen and oxygen atoms in total. The summed E-state index contributed by atoms with van der Waals surface area (Å²) >= 11 is 0. The highest BCUT2D eigenvalue weighted by atomic mass is 16.5. The topological polar surface area (TPSA) is 69.2 Å². The number of amides is 1. The Morgan fingerprint density at radius 3 is 2.16 bits per heavy atom. The van der Waals surface area contributed by atoms with Crippen molar-refractivity contribution in [3.63, 3.8) is 0 Å². The molecule has 0 saturated carbocycles. The number of carbonyl (C=O) groups excluding carboxylic acids is 1. The van der Waals surface area contributed by atoms with Crippen LogP contribution in [0.15, 0.2) is 77.9 Å². The predicted molar refractivity (Wildman–Crippen MR) is 121 cm³/mol. The van der Waals surface area contributed by atoms with Crippen LogP contribution in [-0.2, 0) is 6.61 Å². The second kappa shape index (κ2) is 11.4. The zero-order valence-electron chi connectivity index (χ0n) is 17.7. The molecule has 0 spiro atoms. The van der Waals surface area contributed by atoms with Crippen LogP contribution in [0, 0.1) is 0 Å². The van der Waals surface area contributed by atoms with Gasteiger partial charge in [0.1, 0.15) is 23.9 Å². The van der Waals surface area contributed by atoms with Gasteiger partial charge in [0.05, 0.1) is 19.4 Å². The molecule has 0 aliphatic rings. The van der Waals surface area contributed by atoms with E-state index in [1.54, 1.807) is 18.3 Å². The minimum Gasteiger partial charge on any atom is -0.494 e. The first-order valence-electron chi connectivity index (χ1n) is 10.2. The highest BCUT2D eigenvalue weighted by molar-refractivity contribution is 5.95. The van der Waals surface area contributed by atoms with E-state index in [1.165, 1.54) is 0 Å². The lowest BCUT2D eigenvalue weighted by molar-refractivity contribution is 0.0955. The van der Waals surface area contributed by atoms with Crippen LogP contribution in [0.25, 0.3) is 0 Å². The van der Waals surface area contributed by atoms with Crippen molar-refractivity contribution in [1.82, 2.24) is 5.43 Å². The second-order valence-electron chi connectivity index (χ2n) is 6.56. The standard InChI is InChI=1S/C25H26N2O4/c1-3-29-22-13-15-23(16-14-22)31-18-19-9-11-20(12-10-19)25(28)27-26-17-21-7-5-6-8-24(21)30-4-2/h5-17H,3-4,18H2,1-2H3,(H,27,28). The quantitative estimate of drug-likeness (QED) is 0.378. The van der Waals surface area contributed by atoms with Crippen molar-refractivity contribution in [2.24, 2.45) is 5.10 Å². The molecule has 0 fully saturated rings. The lowest BCUT2D eigenvalue weighted by atomic mass is 10.1. The monoisotopic (exact) mass is 418 g/mol. The molecule has 0 aromatic heterocycles. The van der Waals surface area contributed by atoms with Gasteiger partial charge in [-0.25, -0.2) is 5.43 Å². The number of carbonyl (C=O) groups is 1. The van der Waals surface area contributed by atoms with Crippen LogP contribution in [0.1, 0.15) is 35.3 Å². The Morgan fingerprint density at radius 2 is 1.48 bits per heavy atom. The maximum atomic E-state index is 12.3. The molecule has 0 saturated heterocycles. The number of rotatable bonds is 10. The maximum Gasteiger partial charge on any atom is 0.271 e. The van der Waals surface area contributed by atoms with Gasteiger partial charge in [-0.1, -0.05) is 24.3 Å². The van der Waals surface area contributed by atoms with Crippen LogP contribution >= 0.6 is 0 Å². The first kappa shape index (κ1) is 21.9. The normalized spacial score (nSPS) is 10.6. The minimum atomic E-state index is -0.288. The van der Waals surface area contributed by atoms with Crippen LogP contribution in [0.2, 0.25) is 0 Å². The van der Waals surface area contributed by atoms with Crippen molar-refractivity contribution >= 4 is 12.1 Å². The van der Waals surface area contributed by atoms with Gasteiger partial charge in [-0.15, -0.1) is 0 Å². The second-order valence-corrected chi connectivity index (χ2v) is 6.56. The van der Waals surface area contributed by atoms with Crippen molar-refractivity contribution in [1.29, 1.82) is 0 Å². The average Bonchev–Trinajstić information content (AvgIpc) is 2.80. The largest absolute Gasteiger partial charge is 0.494 e. The third-order valence-corrected chi connectivity index (χ3v) is 4.34. The Kier molecular flexibility index (Phi) is 8.05. The van der Waals surface area contributed by atoms with Gasteiger partial charge in [0.15, 0.2) is 0 Å². The Balaban J connectivity index is 1.51. The SMILES string of the molecule is CCOc1ccc(OCc2ccc(C(=O)NN=Cc3ccccc3OCC)cc2)cc1. The van der Waals surface area contributed by atoms with Crippen LogP contribution < -0.4 is 19.6 Å². The molecule has 0 heterocycles. The highest BCUT2D eigenvalue weighted by Gasteiger charge is 2.05. The Morgan fingerprint density at radius 1 is 0.839 bits per heavy atom. The molecule has 0 atom stereocenters. The zero-order valence-corrected chi connectivity index (χ0v) is 17.7. The van der Waals surface area contributed by atoms with Crippen LogP contribution in [0.5, 0.6) is 17.2 Å². The van der Waals surface area contributed by atoms with Gasteiger partial charge < -0.3 is 14.2 Å². The Bertz CT molecular complexity index is 999. The van der Waals surface area contributed by atoms with Crippen molar-refractivity contribution in [3.05, 3.63) is 89.5 Å². The minimum absolute atomic E-state index is 0.288. The molecular weight excluding hydrogens is 392 g/mol. The van der Waals surface area contributed by atoms with Crippen LogP contribution in [0.3, 0.4) is 0 Å². The molecule has 160 valence electrons. The van der Waals surface area contributed by atoms with E-state index in [0.29, 0.717) is 25.4 Å². The average molecular weight is 418 g/mol. The fourth-order valence-electron chi connectivity index (χ4n) is 2.82. The summed E-state index contributed by atoms with van der Waals surface area (Å²) in [6.07, 6.45) is 1.57. The fourth-order valence-corrected chi connectivity index (χ4v) is 2.82. The van der Waals surface area contributed by atoms with Gasteiger partial charge >= 0.3 is 0 Å². The summed E-state index contributed by atoms with van der Waals surface area (Å²) in [6, 6.07) is 22.2. The molecular formula is C25H26N2O4. The van der Waals surface area contributed by atoms with E-state index in [4.69, 9.17) is 14.2 Å². The summed E-state index contributed by atoms with van der Waals surface area (Å²) < 4.78 is 16.7. The molecule has 0 radical (unpaired) electrons. The number of para-hydroxylation sites is 1. The van der Waals surface area contributed by atoms with Crippen molar-refractivity contribution in [2.75, 3.05) is 13.2 Å². The van der Waals surface area contributed by atoms with Gasteiger partial charge in [0, 0.05) is 11.1 Å². The molecule has 6 heteroatoms. The van der Waals surface area contributed by atoms with Crippen molar-refractivity contribution < 1.29 is 19.0 Å². The van der Waals surface area contributed by atoms with Crippen molar-refractivity contribution in [3.8, 4) is 17.2 Å². The number of ether oxygens (including phenoxy) is 3.